The first-order valence-corrected chi connectivity index (χ1v) is 11.8. The van der Waals surface area contributed by atoms with Crippen molar-refractivity contribution in [1.29, 1.82) is 0 Å². The van der Waals surface area contributed by atoms with Crippen LogP contribution >= 0.6 is 0 Å². The number of rotatable bonds is 12. The molecule has 2 aromatic carbocycles. The zero-order chi connectivity index (χ0) is 24.4. The van der Waals surface area contributed by atoms with Gasteiger partial charge in [0, 0.05) is 6.54 Å². The molecule has 0 fully saturated rings. The van der Waals surface area contributed by atoms with Gasteiger partial charge in [-0.25, -0.2) is 13.2 Å². The van der Waals surface area contributed by atoms with E-state index in [0.29, 0.717) is 12.0 Å². The Hall–Kier alpha value is -3.44. The number of hydrogen-bond donors (Lipinski definition) is 5. The Morgan fingerprint density at radius 3 is 2.24 bits per heavy atom. The SMILES string of the molecule is Cc1ccc(S(=O)(=O)N[C@H](Cc2ccccc2)C(=O)N[C@H](CCCN=C(N)N)C(=O)O)cc1. The van der Waals surface area contributed by atoms with Crippen LogP contribution < -0.4 is 21.5 Å². The number of carboxylic acid groups (broad SMARTS) is 1. The Bertz CT molecular complexity index is 1070. The summed E-state index contributed by atoms with van der Waals surface area (Å²) in [5.41, 5.74) is 12.1. The number of aliphatic carboxylic acids is 1. The van der Waals surface area contributed by atoms with Crippen LogP contribution in [0, 0.1) is 6.92 Å². The van der Waals surface area contributed by atoms with E-state index in [1.807, 2.05) is 6.92 Å². The number of hydrogen-bond acceptors (Lipinski definition) is 5. The second-order valence-corrected chi connectivity index (χ2v) is 9.24. The number of guanidine groups is 1. The number of nitrogens with two attached hydrogens (primary N) is 2. The van der Waals surface area contributed by atoms with Crippen LogP contribution in [0.5, 0.6) is 0 Å². The van der Waals surface area contributed by atoms with Crippen LogP contribution in [0.25, 0.3) is 0 Å². The molecule has 0 saturated carbocycles. The minimum atomic E-state index is -4.03. The molecule has 1 amide bonds. The molecule has 0 spiro atoms. The highest BCUT2D eigenvalue weighted by molar-refractivity contribution is 7.89. The summed E-state index contributed by atoms with van der Waals surface area (Å²) in [4.78, 5) is 28.4. The van der Waals surface area contributed by atoms with Crippen molar-refractivity contribution in [2.75, 3.05) is 6.54 Å². The Morgan fingerprint density at radius 2 is 1.67 bits per heavy atom. The summed E-state index contributed by atoms with van der Waals surface area (Å²) in [6.45, 7) is 2.03. The quantitative estimate of drug-likeness (QED) is 0.169. The number of nitrogens with one attached hydrogen (secondary N) is 2. The fourth-order valence-electron chi connectivity index (χ4n) is 3.04. The van der Waals surface area contributed by atoms with Crippen molar-refractivity contribution < 1.29 is 23.1 Å². The second kappa shape index (κ2) is 12.0. The van der Waals surface area contributed by atoms with E-state index in [2.05, 4.69) is 15.0 Å². The van der Waals surface area contributed by atoms with E-state index in [-0.39, 0.29) is 30.2 Å². The van der Waals surface area contributed by atoms with Gasteiger partial charge in [-0.2, -0.15) is 4.72 Å². The molecule has 0 radical (unpaired) electrons. The minimum absolute atomic E-state index is 0.00554. The Balaban J connectivity index is 2.20. The third-order valence-corrected chi connectivity index (χ3v) is 6.28. The van der Waals surface area contributed by atoms with Gasteiger partial charge < -0.3 is 21.9 Å². The van der Waals surface area contributed by atoms with Crippen molar-refractivity contribution in [3.63, 3.8) is 0 Å². The summed E-state index contributed by atoms with van der Waals surface area (Å²) in [5, 5.41) is 11.9. The van der Waals surface area contributed by atoms with Crippen molar-refractivity contribution in [2.24, 2.45) is 16.5 Å². The van der Waals surface area contributed by atoms with Crippen molar-refractivity contribution in [3.8, 4) is 0 Å². The van der Waals surface area contributed by atoms with E-state index in [4.69, 9.17) is 11.5 Å². The molecule has 0 aliphatic rings. The van der Waals surface area contributed by atoms with Crippen molar-refractivity contribution in [1.82, 2.24) is 10.0 Å². The molecule has 0 unspecified atom stereocenters. The third-order valence-electron chi connectivity index (χ3n) is 4.79. The lowest BCUT2D eigenvalue weighted by Crippen LogP contribution is -2.52. The molecule has 178 valence electrons. The number of carbonyl (C=O) groups is 2. The Morgan fingerprint density at radius 1 is 1.03 bits per heavy atom. The fraction of sp³-hybridized carbons (Fsp3) is 0.318. The standard InChI is InChI=1S/C22H29N5O5S/c1-15-9-11-17(12-10-15)33(31,32)27-19(14-16-6-3-2-4-7-16)20(28)26-18(21(29)30)8-5-13-25-22(23)24/h2-4,6-7,9-12,18-19,27H,5,8,13-14H2,1H3,(H,26,28)(H,29,30)(H4,23,24,25)/t18-,19-/m1/s1. The normalized spacial score (nSPS) is 13.0. The van der Waals surface area contributed by atoms with Crippen LogP contribution in [0.1, 0.15) is 24.0 Å². The molecule has 7 N–H and O–H groups in total. The monoisotopic (exact) mass is 475 g/mol. The number of benzene rings is 2. The third kappa shape index (κ3) is 8.54. The van der Waals surface area contributed by atoms with Gasteiger partial charge in [0.15, 0.2) is 5.96 Å². The van der Waals surface area contributed by atoms with E-state index >= 15 is 0 Å². The molecular weight excluding hydrogens is 446 g/mol. The molecule has 0 aliphatic carbocycles. The highest BCUT2D eigenvalue weighted by Crippen LogP contribution is 2.13. The van der Waals surface area contributed by atoms with Crippen LogP contribution in [0.15, 0.2) is 64.5 Å². The molecule has 2 atom stereocenters. The Labute approximate surface area is 193 Å². The van der Waals surface area contributed by atoms with Gasteiger partial charge in [-0.1, -0.05) is 48.0 Å². The highest BCUT2D eigenvalue weighted by Gasteiger charge is 2.29. The Kier molecular flexibility index (Phi) is 9.37. The van der Waals surface area contributed by atoms with Crippen LogP contribution in [-0.4, -0.2) is 50.0 Å². The molecule has 0 bridgehead atoms. The number of amides is 1. The van der Waals surface area contributed by atoms with Gasteiger partial charge >= 0.3 is 5.97 Å². The van der Waals surface area contributed by atoms with Gasteiger partial charge in [0.1, 0.15) is 12.1 Å². The summed E-state index contributed by atoms with van der Waals surface area (Å²) in [5.74, 6) is -2.10. The van der Waals surface area contributed by atoms with E-state index < -0.39 is 34.0 Å². The van der Waals surface area contributed by atoms with E-state index in [0.717, 1.165) is 5.56 Å². The second-order valence-electron chi connectivity index (χ2n) is 7.52. The maximum atomic E-state index is 13.0. The molecule has 0 heterocycles. The molecule has 0 saturated heterocycles. The number of carboxylic acids is 1. The zero-order valence-corrected chi connectivity index (χ0v) is 19.1. The lowest BCUT2D eigenvalue weighted by molar-refractivity contribution is -0.142. The van der Waals surface area contributed by atoms with Crippen LogP contribution in [0.4, 0.5) is 0 Å². The number of aliphatic imine (C=N–C) groups is 1. The lowest BCUT2D eigenvalue weighted by Gasteiger charge is -2.21. The summed E-state index contributed by atoms with van der Waals surface area (Å²) >= 11 is 0. The smallest absolute Gasteiger partial charge is 0.326 e. The average Bonchev–Trinajstić information content (AvgIpc) is 2.75. The number of aryl methyl sites for hydroxylation is 1. The van der Waals surface area contributed by atoms with Crippen molar-refractivity contribution >= 4 is 27.9 Å². The molecular formula is C22H29N5O5S. The van der Waals surface area contributed by atoms with Gasteiger partial charge in [0.25, 0.3) is 0 Å². The lowest BCUT2D eigenvalue weighted by atomic mass is 10.1. The molecule has 0 aliphatic heterocycles. The zero-order valence-electron chi connectivity index (χ0n) is 18.3. The maximum Gasteiger partial charge on any atom is 0.326 e. The topological polar surface area (TPSA) is 177 Å². The van der Waals surface area contributed by atoms with Crippen LogP contribution in [-0.2, 0) is 26.0 Å². The number of nitrogens with zero attached hydrogens (tertiary/aromatic N) is 1. The first kappa shape index (κ1) is 25.8. The predicted octanol–water partition coefficient (Wildman–Crippen LogP) is 0.508. The summed E-state index contributed by atoms with van der Waals surface area (Å²) in [6, 6.07) is 12.6. The van der Waals surface area contributed by atoms with Gasteiger partial charge in [-0.3, -0.25) is 9.79 Å². The van der Waals surface area contributed by atoms with Gasteiger partial charge in [-0.05, 0) is 43.9 Å². The highest BCUT2D eigenvalue weighted by atomic mass is 32.2. The molecule has 33 heavy (non-hydrogen) atoms. The summed E-state index contributed by atoms with van der Waals surface area (Å²) in [7, 11) is -4.03. The maximum absolute atomic E-state index is 13.0. The summed E-state index contributed by atoms with van der Waals surface area (Å²) in [6.07, 6.45) is 0.423. The van der Waals surface area contributed by atoms with Crippen molar-refractivity contribution in [2.45, 2.75) is 43.2 Å². The number of carbonyl (C=O) groups excluding carboxylic acids is 1. The number of sulfonamides is 1. The van der Waals surface area contributed by atoms with Gasteiger partial charge in [-0.15, -0.1) is 0 Å². The molecule has 10 nitrogen and oxygen atoms in total. The van der Waals surface area contributed by atoms with E-state index in [1.165, 1.54) is 12.1 Å². The fourth-order valence-corrected chi connectivity index (χ4v) is 4.24. The first-order valence-electron chi connectivity index (χ1n) is 10.3. The van der Waals surface area contributed by atoms with Crippen LogP contribution in [0.3, 0.4) is 0 Å². The molecule has 2 aromatic rings. The molecule has 0 aromatic heterocycles. The average molecular weight is 476 g/mol. The van der Waals surface area contributed by atoms with Gasteiger partial charge in [0.05, 0.1) is 4.90 Å². The first-order chi connectivity index (χ1) is 15.6. The van der Waals surface area contributed by atoms with E-state index in [9.17, 15) is 23.1 Å². The predicted molar refractivity (Wildman–Crippen MR) is 125 cm³/mol. The largest absolute Gasteiger partial charge is 0.480 e. The molecule has 2 rings (SSSR count). The van der Waals surface area contributed by atoms with Gasteiger partial charge in [0.2, 0.25) is 15.9 Å². The summed E-state index contributed by atoms with van der Waals surface area (Å²) < 4.78 is 28.2. The van der Waals surface area contributed by atoms with Crippen molar-refractivity contribution in [3.05, 3.63) is 65.7 Å². The van der Waals surface area contributed by atoms with Crippen LogP contribution in [0.2, 0.25) is 0 Å². The van der Waals surface area contributed by atoms with E-state index in [1.54, 1.807) is 42.5 Å². The molecule has 11 heteroatoms. The minimum Gasteiger partial charge on any atom is -0.480 e.